The van der Waals surface area contributed by atoms with Gasteiger partial charge in [0.2, 0.25) is 0 Å². The Morgan fingerprint density at radius 3 is 2.65 bits per heavy atom. The van der Waals surface area contributed by atoms with Gasteiger partial charge in [-0.2, -0.15) is 18.3 Å². The fraction of sp³-hybridized carbons (Fsp3) is 0.375. The third kappa shape index (κ3) is 3.91. The number of allylic oxidation sites excluding steroid dienone is 4. The molecule has 0 unspecified atom stereocenters. The van der Waals surface area contributed by atoms with Crippen LogP contribution in [0.3, 0.4) is 0 Å². The number of nitrogens with zero attached hydrogens (tertiary/aromatic N) is 4. The molecule has 2 aromatic heterocycles. The van der Waals surface area contributed by atoms with E-state index >= 15 is 0 Å². The molecule has 0 radical (unpaired) electrons. The second kappa shape index (κ2) is 8.12. The maximum absolute atomic E-state index is 13.5. The van der Waals surface area contributed by atoms with Gasteiger partial charge in [0.15, 0.2) is 0 Å². The second-order valence-electron chi connectivity index (χ2n) is 8.94. The summed E-state index contributed by atoms with van der Waals surface area (Å²) in [6, 6.07) is 3.39. The number of aromatic amines is 1. The molecule has 1 aliphatic heterocycles. The van der Waals surface area contributed by atoms with Crippen molar-refractivity contribution >= 4 is 33.4 Å². The Morgan fingerprint density at radius 1 is 1.24 bits per heavy atom. The summed E-state index contributed by atoms with van der Waals surface area (Å²) in [7, 11) is 0. The number of alkyl halides is 3. The lowest BCUT2D eigenvalue weighted by Crippen LogP contribution is -2.54. The minimum atomic E-state index is -4.20. The molecule has 2 aliphatic rings. The minimum absolute atomic E-state index is 0.0681. The average molecular weight is 471 g/mol. The third-order valence-electron chi connectivity index (χ3n) is 6.63. The van der Waals surface area contributed by atoms with E-state index in [0.717, 1.165) is 5.70 Å². The van der Waals surface area contributed by atoms with Crippen molar-refractivity contribution in [2.24, 2.45) is 0 Å². The highest BCUT2D eigenvalue weighted by Gasteiger charge is 2.32. The molecule has 1 N–H and O–H groups in total. The Labute approximate surface area is 193 Å². The van der Waals surface area contributed by atoms with Gasteiger partial charge in [0, 0.05) is 43.2 Å². The number of aromatic nitrogens is 3. The number of hydrogen-bond acceptors (Lipinski definition) is 4. The molecule has 3 aromatic rings. The van der Waals surface area contributed by atoms with Crippen molar-refractivity contribution in [3.63, 3.8) is 0 Å². The fourth-order valence-corrected chi connectivity index (χ4v) is 4.67. The number of halogens is 3. The second-order valence-corrected chi connectivity index (χ2v) is 8.94. The highest BCUT2D eigenvalue weighted by Crippen LogP contribution is 2.29. The number of rotatable bonds is 4. The first-order valence-electron chi connectivity index (χ1n) is 11.2. The molecule has 0 saturated carbocycles. The number of hydrogen-bond donors (Lipinski definition) is 1. The lowest BCUT2D eigenvalue weighted by molar-refractivity contribution is -0.140. The van der Waals surface area contributed by atoms with Crippen molar-refractivity contribution in [1.82, 2.24) is 24.6 Å². The molecule has 1 aromatic carbocycles. The summed E-state index contributed by atoms with van der Waals surface area (Å²) >= 11 is 0. The topological polar surface area (TPSA) is 74.2 Å². The number of amides is 1. The van der Waals surface area contributed by atoms with E-state index in [1.54, 1.807) is 26.6 Å². The van der Waals surface area contributed by atoms with Gasteiger partial charge in [-0.1, -0.05) is 6.08 Å². The Balaban J connectivity index is 1.47. The van der Waals surface area contributed by atoms with Gasteiger partial charge >= 0.3 is 6.18 Å². The molecular weight excluding hydrogens is 447 g/mol. The molecule has 10 heteroatoms. The monoisotopic (exact) mass is 471 g/mol. The quantitative estimate of drug-likeness (QED) is 0.630. The summed E-state index contributed by atoms with van der Waals surface area (Å²) in [5.74, 6) is -0.171. The average Bonchev–Trinajstić information content (AvgIpc) is 3.15. The van der Waals surface area contributed by atoms with Gasteiger partial charge in [0.1, 0.15) is 0 Å². The predicted molar refractivity (Wildman–Crippen MR) is 124 cm³/mol. The van der Waals surface area contributed by atoms with Crippen molar-refractivity contribution in [3.8, 4) is 0 Å². The van der Waals surface area contributed by atoms with E-state index in [-0.39, 0.29) is 24.1 Å². The van der Waals surface area contributed by atoms with Gasteiger partial charge in [-0.05, 0) is 43.7 Å². The van der Waals surface area contributed by atoms with Crippen LogP contribution in [0, 0.1) is 6.92 Å². The third-order valence-corrected chi connectivity index (χ3v) is 6.63. The molecule has 1 saturated heterocycles. The van der Waals surface area contributed by atoms with Gasteiger partial charge in [-0.25, -0.2) is 4.68 Å². The molecule has 178 valence electrons. The summed E-state index contributed by atoms with van der Waals surface area (Å²) in [5.41, 5.74) is 3.06. The van der Waals surface area contributed by atoms with Crippen LogP contribution in [0.4, 0.5) is 13.2 Å². The molecular formula is C24H24F3N5O2. The first kappa shape index (κ1) is 22.4. The summed E-state index contributed by atoms with van der Waals surface area (Å²) < 4.78 is 39.6. The van der Waals surface area contributed by atoms with Gasteiger partial charge in [-0.3, -0.25) is 14.5 Å². The van der Waals surface area contributed by atoms with Gasteiger partial charge in [-0.15, -0.1) is 0 Å². The van der Waals surface area contributed by atoms with Crippen LogP contribution in [0.1, 0.15) is 29.3 Å². The van der Waals surface area contributed by atoms with Crippen LogP contribution >= 0.6 is 0 Å². The molecule has 5 rings (SSSR count). The summed E-state index contributed by atoms with van der Waals surface area (Å²) in [6.07, 6.45) is 2.12. The molecule has 0 spiro atoms. The van der Waals surface area contributed by atoms with Crippen molar-refractivity contribution < 1.29 is 18.0 Å². The standard InChI is InChI=1S/C24H24F3N5O2/c1-14-10-20-18(21-19(22(33)29-20)12-28-32(21)16-4-3-5-16)11-17(14)23(34)31-9-8-30(15(2)13-31)7-6-24(25,26)27/h3-5,10-12,15H,6-9,13H2,1-2H3,(H,29,33)/t15-/m0/s1. The first-order chi connectivity index (χ1) is 16.1. The normalized spacial score (nSPS) is 19.0. The number of carbonyl (C=O) groups is 1. The van der Waals surface area contributed by atoms with Crippen LogP contribution in [0.5, 0.6) is 0 Å². The molecule has 7 nitrogen and oxygen atoms in total. The zero-order valence-corrected chi connectivity index (χ0v) is 18.8. The van der Waals surface area contributed by atoms with Crippen molar-refractivity contribution in [2.45, 2.75) is 32.5 Å². The summed E-state index contributed by atoms with van der Waals surface area (Å²) in [6.45, 7) is 4.68. The molecule has 1 amide bonds. The number of H-pyrrole nitrogens is 1. The number of nitrogens with one attached hydrogen (secondary N) is 1. The number of fused-ring (bicyclic) bond motifs is 3. The number of carbonyl (C=O) groups excluding carboxylic acids is 1. The van der Waals surface area contributed by atoms with Crippen LogP contribution in [0.15, 0.2) is 41.4 Å². The first-order valence-corrected chi connectivity index (χ1v) is 11.2. The zero-order valence-electron chi connectivity index (χ0n) is 18.8. The van der Waals surface area contributed by atoms with Crippen molar-refractivity contribution in [1.29, 1.82) is 0 Å². The molecule has 0 bridgehead atoms. The Hall–Kier alpha value is -3.40. The smallest absolute Gasteiger partial charge is 0.336 e. The van der Waals surface area contributed by atoms with Gasteiger partial charge in [0.25, 0.3) is 11.5 Å². The van der Waals surface area contributed by atoms with Crippen LogP contribution in [0.25, 0.3) is 27.5 Å². The van der Waals surface area contributed by atoms with Crippen molar-refractivity contribution in [3.05, 3.63) is 58.0 Å². The van der Waals surface area contributed by atoms with Crippen LogP contribution < -0.4 is 5.56 Å². The van der Waals surface area contributed by atoms with E-state index in [1.165, 1.54) is 6.20 Å². The number of benzene rings is 1. The molecule has 3 heterocycles. The zero-order chi connectivity index (χ0) is 24.2. The Bertz CT molecular complexity index is 1420. The fourth-order valence-electron chi connectivity index (χ4n) is 4.67. The largest absolute Gasteiger partial charge is 0.390 e. The van der Waals surface area contributed by atoms with E-state index in [9.17, 15) is 22.8 Å². The number of pyridine rings is 1. The number of aryl methyl sites for hydroxylation is 1. The van der Waals surface area contributed by atoms with E-state index in [4.69, 9.17) is 0 Å². The van der Waals surface area contributed by atoms with E-state index in [0.29, 0.717) is 52.6 Å². The maximum Gasteiger partial charge on any atom is 0.390 e. The molecule has 34 heavy (non-hydrogen) atoms. The predicted octanol–water partition coefficient (Wildman–Crippen LogP) is 3.70. The highest BCUT2D eigenvalue weighted by atomic mass is 19.4. The summed E-state index contributed by atoms with van der Waals surface area (Å²) in [4.78, 5) is 32.4. The van der Waals surface area contributed by atoms with Gasteiger partial charge in [0.05, 0.1) is 34.7 Å². The van der Waals surface area contributed by atoms with E-state index < -0.39 is 12.6 Å². The Kier molecular flexibility index (Phi) is 5.35. The van der Waals surface area contributed by atoms with E-state index in [2.05, 4.69) is 10.1 Å². The van der Waals surface area contributed by atoms with E-state index in [1.807, 2.05) is 32.1 Å². The lowest BCUT2D eigenvalue weighted by Gasteiger charge is -2.40. The lowest BCUT2D eigenvalue weighted by atomic mass is 10.0. The summed E-state index contributed by atoms with van der Waals surface area (Å²) in [5, 5.41) is 5.50. The van der Waals surface area contributed by atoms with Crippen LogP contribution in [-0.2, 0) is 0 Å². The van der Waals surface area contributed by atoms with Crippen LogP contribution in [0.2, 0.25) is 0 Å². The Morgan fingerprint density at radius 2 is 2.00 bits per heavy atom. The molecule has 1 fully saturated rings. The minimum Gasteiger partial charge on any atom is -0.336 e. The van der Waals surface area contributed by atoms with Crippen LogP contribution in [-0.4, -0.2) is 68.9 Å². The highest BCUT2D eigenvalue weighted by molar-refractivity contribution is 6.08. The number of piperazine rings is 1. The van der Waals surface area contributed by atoms with Gasteiger partial charge < -0.3 is 9.88 Å². The maximum atomic E-state index is 13.5. The molecule has 1 aliphatic carbocycles. The van der Waals surface area contributed by atoms with Crippen molar-refractivity contribution in [2.75, 3.05) is 26.2 Å². The molecule has 1 atom stereocenters. The SMILES string of the molecule is Cc1cc2[nH]c(=O)c3cnn(C4=CC=C4)c3c2cc1C(=O)N1CCN(CCC(F)(F)F)[C@@H](C)C1.